The zero-order chi connectivity index (χ0) is 19.0. The lowest BCUT2D eigenvalue weighted by atomic mass is 10.1. The van der Waals surface area contributed by atoms with Crippen LogP contribution in [-0.2, 0) is 13.2 Å². The van der Waals surface area contributed by atoms with E-state index < -0.39 is 30.0 Å². The van der Waals surface area contributed by atoms with Crippen LogP contribution in [-0.4, -0.2) is 27.9 Å². The summed E-state index contributed by atoms with van der Waals surface area (Å²) in [5.41, 5.74) is -0.0743. The monoisotopic (exact) mass is 386 g/mol. The number of thioether (sulfide) groups is 1. The molecule has 2 nitrogen and oxygen atoms in total. The highest BCUT2D eigenvalue weighted by Crippen LogP contribution is 2.36. The molecule has 0 aliphatic heterocycles. The number of hydrogen-bond donors (Lipinski definition) is 0. The zero-order valence-corrected chi connectivity index (χ0v) is 13.9. The Morgan fingerprint density at radius 3 is 2.28 bits per heavy atom. The molecule has 0 N–H and O–H groups in total. The number of halogens is 7. The predicted octanol–water partition coefficient (Wildman–Crippen LogP) is 5.41. The lowest BCUT2D eigenvalue weighted by Gasteiger charge is -2.16. The molecule has 0 unspecified atom stereocenters. The van der Waals surface area contributed by atoms with Gasteiger partial charge in [-0.25, -0.2) is 8.78 Å². The van der Waals surface area contributed by atoms with Gasteiger partial charge in [0, 0.05) is 17.5 Å². The second-order valence-corrected chi connectivity index (χ2v) is 6.38. The van der Waals surface area contributed by atoms with Crippen LogP contribution in [0.25, 0.3) is 11.3 Å². The van der Waals surface area contributed by atoms with Gasteiger partial charge in [0.2, 0.25) is 0 Å². The van der Waals surface area contributed by atoms with Crippen molar-refractivity contribution in [1.82, 2.24) is 9.78 Å². The van der Waals surface area contributed by atoms with Crippen LogP contribution in [0.2, 0.25) is 0 Å². The summed E-state index contributed by atoms with van der Waals surface area (Å²) in [6.07, 6.45) is -8.40. The number of alkyl halides is 7. The van der Waals surface area contributed by atoms with Crippen molar-refractivity contribution in [3.8, 4) is 11.3 Å². The Hall–Kier alpha value is -1.71. The van der Waals surface area contributed by atoms with Gasteiger partial charge in [0.1, 0.15) is 0 Å². The molecule has 1 aromatic carbocycles. The van der Waals surface area contributed by atoms with Crippen LogP contribution in [0.15, 0.2) is 29.2 Å². The fourth-order valence-electron chi connectivity index (χ4n) is 2.03. The number of benzene rings is 1. The van der Waals surface area contributed by atoms with E-state index in [0.717, 1.165) is 10.7 Å². The van der Waals surface area contributed by atoms with Crippen LogP contribution >= 0.6 is 11.8 Å². The first kappa shape index (κ1) is 19.6. The maximum absolute atomic E-state index is 13.1. The Labute approximate surface area is 143 Å². The van der Waals surface area contributed by atoms with Gasteiger partial charge in [-0.1, -0.05) is 12.1 Å². The summed E-state index contributed by atoms with van der Waals surface area (Å²) >= 11 is 0.527. The summed E-state index contributed by atoms with van der Waals surface area (Å²) in [4.78, 5) is 0.285. The third-order valence-corrected chi connectivity index (χ3v) is 4.67. The smallest absolute Gasteiger partial charge is 0.267 e. The first-order valence-corrected chi connectivity index (χ1v) is 7.91. The molecule has 0 aliphatic rings. The summed E-state index contributed by atoms with van der Waals surface area (Å²) in [5, 5.41) is 3.38. The Morgan fingerprint density at radius 2 is 1.76 bits per heavy atom. The molecule has 0 saturated heterocycles. The number of hydrogen-bond acceptors (Lipinski definition) is 2. The summed E-state index contributed by atoms with van der Waals surface area (Å²) < 4.78 is 89.9. The van der Waals surface area contributed by atoms with E-state index in [0.29, 0.717) is 22.9 Å². The maximum atomic E-state index is 13.1. The van der Waals surface area contributed by atoms with E-state index >= 15 is 0 Å². The first-order chi connectivity index (χ1) is 11.4. The van der Waals surface area contributed by atoms with Gasteiger partial charge in [-0.05, 0) is 24.6 Å². The average molecular weight is 386 g/mol. The molecule has 2 rings (SSSR count). The number of nitrogens with zero attached hydrogens (tertiary/aromatic N) is 2. The lowest BCUT2D eigenvalue weighted by Crippen LogP contribution is -2.29. The highest BCUT2D eigenvalue weighted by molar-refractivity contribution is 7.99. The van der Waals surface area contributed by atoms with E-state index in [9.17, 15) is 30.7 Å². The van der Waals surface area contributed by atoms with E-state index in [1.807, 2.05) is 0 Å². The van der Waals surface area contributed by atoms with Crippen molar-refractivity contribution in [1.29, 1.82) is 0 Å². The van der Waals surface area contributed by atoms with Crippen LogP contribution < -0.4 is 0 Å². The molecule has 2 aromatic rings. The minimum absolute atomic E-state index is 0.134. The molecule has 0 amide bonds. The third-order valence-electron chi connectivity index (χ3n) is 3.39. The molecule has 1 aromatic heterocycles. The van der Waals surface area contributed by atoms with E-state index in [1.165, 1.54) is 25.2 Å². The third kappa shape index (κ3) is 4.47. The number of rotatable bonds is 5. The molecule has 0 radical (unpaired) electrons. The number of aryl methyl sites for hydroxylation is 2. The van der Waals surface area contributed by atoms with Crippen molar-refractivity contribution < 1.29 is 30.7 Å². The first-order valence-electron chi connectivity index (χ1n) is 6.93. The van der Waals surface area contributed by atoms with Crippen LogP contribution in [0, 0.1) is 6.92 Å². The van der Waals surface area contributed by atoms with Crippen molar-refractivity contribution in [2.24, 2.45) is 7.05 Å². The Morgan fingerprint density at radius 1 is 1.12 bits per heavy atom. The van der Waals surface area contributed by atoms with Gasteiger partial charge in [0.25, 0.3) is 0 Å². The summed E-state index contributed by atoms with van der Waals surface area (Å²) in [6, 6.07) is 5.27. The minimum Gasteiger partial charge on any atom is -0.267 e. The van der Waals surface area contributed by atoms with Crippen LogP contribution in [0.5, 0.6) is 0 Å². The Balaban J connectivity index is 2.32. The maximum Gasteiger partial charge on any atom is 0.435 e. The van der Waals surface area contributed by atoms with Gasteiger partial charge in [-0.2, -0.15) is 27.1 Å². The quantitative estimate of drug-likeness (QED) is 0.505. The zero-order valence-electron chi connectivity index (χ0n) is 13.0. The van der Waals surface area contributed by atoms with Gasteiger partial charge in [-0.15, -0.1) is 11.8 Å². The molecule has 0 bridgehead atoms. The second kappa shape index (κ2) is 6.89. The minimum atomic E-state index is -4.61. The Kier molecular flexibility index (Phi) is 5.41. The Bertz CT molecular complexity index is 753. The fourth-order valence-corrected chi connectivity index (χ4v) is 3.01. The van der Waals surface area contributed by atoms with Crippen molar-refractivity contribution >= 4 is 11.8 Å². The van der Waals surface area contributed by atoms with E-state index in [-0.39, 0.29) is 10.6 Å². The van der Waals surface area contributed by atoms with Crippen molar-refractivity contribution in [2.45, 2.75) is 30.3 Å². The summed E-state index contributed by atoms with van der Waals surface area (Å²) in [6.45, 7) is 1.59. The molecule has 0 spiro atoms. The topological polar surface area (TPSA) is 17.8 Å². The molecule has 0 saturated carbocycles. The van der Waals surface area contributed by atoms with Crippen molar-refractivity contribution in [2.75, 3.05) is 5.75 Å². The molecular weight excluding hydrogens is 373 g/mol. The molecule has 0 atom stereocenters. The molecule has 0 fully saturated rings. The molecular formula is C15H13F7N2S. The second-order valence-electron chi connectivity index (χ2n) is 5.37. The highest BCUT2D eigenvalue weighted by atomic mass is 32.2. The van der Waals surface area contributed by atoms with E-state index in [2.05, 4.69) is 5.10 Å². The summed E-state index contributed by atoms with van der Waals surface area (Å²) in [7, 11) is 1.32. The lowest BCUT2D eigenvalue weighted by molar-refractivity contribution is -0.141. The molecule has 10 heteroatoms. The van der Waals surface area contributed by atoms with Crippen LogP contribution in [0.3, 0.4) is 0 Å². The molecule has 25 heavy (non-hydrogen) atoms. The van der Waals surface area contributed by atoms with Gasteiger partial charge in [0.15, 0.2) is 5.69 Å². The van der Waals surface area contributed by atoms with E-state index in [1.54, 1.807) is 6.92 Å². The SMILES string of the molecule is Cc1ccc(-c2cc(C(F)(F)F)nn2C)cc1SCC(F)(F)C(F)F. The van der Waals surface area contributed by atoms with E-state index in [4.69, 9.17) is 0 Å². The van der Waals surface area contributed by atoms with Crippen molar-refractivity contribution in [3.05, 3.63) is 35.5 Å². The van der Waals surface area contributed by atoms with Gasteiger partial charge in [-0.3, -0.25) is 4.68 Å². The highest BCUT2D eigenvalue weighted by Gasteiger charge is 2.40. The predicted molar refractivity (Wildman–Crippen MR) is 80.1 cm³/mol. The van der Waals surface area contributed by atoms with Gasteiger partial charge >= 0.3 is 18.5 Å². The standard InChI is InChI=1S/C15H13F7N2S/c1-8-3-4-9(5-11(8)25-7-14(18,19)13(16)17)10-6-12(15(20,21)22)23-24(10)2/h3-6,13H,7H2,1-2H3. The average Bonchev–Trinajstić information content (AvgIpc) is 2.88. The molecule has 0 aliphatic carbocycles. The normalized spacial score (nSPS) is 12.9. The van der Waals surface area contributed by atoms with Crippen molar-refractivity contribution in [3.63, 3.8) is 0 Å². The molecule has 138 valence electrons. The van der Waals surface area contributed by atoms with Gasteiger partial charge in [0.05, 0.1) is 11.4 Å². The fraction of sp³-hybridized carbons (Fsp3) is 0.400. The van der Waals surface area contributed by atoms with Gasteiger partial charge < -0.3 is 0 Å². The van der Waals surface area contributed by atoms with Crippen LogP contribution in [0.4, 0.5) is 30.7 Å². The summed E-state index contributed by atoms with van der Waals surface area (Å²) in [5.74, 6) is -5.28. The molecule has 1 heterocycles. The largest absolute Gasteiger partial charge is 0.435 e. The number of aromatic nitrogens is 2. The van der Waals surface area contributed by atoms with Crippen LogP contribution in [0.1, 0.15) is 11.3 Å².